The number of Topliss-reactive ketones (excluding diaryl/α,β-unsaturated/α-hetero) is 1. The third kappa shape index (κ3) is 6.45. The largest absolute Gasteiger partial charge is 0.397 e. The summed E-state index contributed by atoms with van der Waals surface area (Å²) in [7, 11) is 1.78. The highest BCUT2D eigenvalue weighted by atomic mass is 16.1. The number of imidazole rings is 1. The number of hydrogen-bond donors (Lipinski definition) is 2. The lowest BCUT2D eigenvalue weighted by Crippen LogP contribution is -2.26. The molecular weight excluding hydrogens is 472 g/mol. The molecular formula is C31H44N6O. The second kappa shape index (κ2) is 12.6. The molecule has 4 rings (SSSR count). The van der Waals surface area contributed by atoms with Crippen LogP contribution in [0.4, 0.5) is 11.4 Å². The molecule has 2 heterocycles. The molecule has 1 unspecified atom stereocenters. The fraction of sp³-hybridized carbons (Fsp3) is 0.484. The standard InChI is InChI=1S/C31H44N6O/c1-5-26(38)19-28(27-12-13-29(35(4)33)31(32)23(27)3)24-11-10-22(2)25(18-24)20-37-17-14-34-30(37)21-36-15-8-6-7-9-16-36/h10-14,17-18,28H,5-9,15-16,19-21,32-33H2,1-4H3. The van der Waals surface area contributed by atoms with Crippen LogP contribution in [-0.4, -0.2) is 40.4 Å². The van der Waals surface area contributed by atoms with Gasteiger partial charge in [0.2, 0.25) is 0 Å². The smallest absolute Gasteiger partial charge is 0.133 e. The first-order chi connectivity index (χ1) is 18.3. The number of carbonyl (C=O) groups is 1. The van der Waals surface area contributed by atoms with E-state index in [2.05, 4.69) is 46.9 Å². The second-order valence-electron chi connectivity index (χ2n) is 10.8. The number of benzene rings is 2. The molecule has 1 fully saturated rings. The van der Waals surface area contributed by atoms with E-state index >= 15 is 0 Å². The Labute approximate surface area is 227 Å². The average Bonchev–Trinajstić information content (AvgIpc) is 3.16. The Bertz CT molecular complexity index is 1240. The Kier molecular flexibility index (Phi) is 9.23. The van der Waals surface area contributed by atoms with E-state index in [9.17, 15) is 4.79 Å². The van der Waals surface area contributed by atoms with Gasteiger partial charge in [-0.3, -0.25) is 9.69 Å². The van der Waals surface area contributed by atoms with Crippen LogP contribution in [0.3, 0.4) is 0 Å². The number of hydrogen-bond acceptors (Lipinski definition) is 6. The van der Waals surface area contributed by atoms with Crippen molar-refractivity contribution in [3.05, 3.63) is 76.4 Å². The highest BCUT2D eigenvalue weighted by Gasteiger charge is 2.23. The van der Waals surface area contributed by atoms with Crippen LogP contribution in [0.25, 0.3) is 0 Å². The predicted octanol–water partition coefficient (Wildman–Crippen LogP) is 5.32. The zero-order valence-corrected chi connectivity index (χ0v) is 23.5. The second-order valence-corrected chi connectivity index (χ2v) is 10.8. The minimum absolute atomic E-state index is 0.0689. The summed E-state index contributed by atoms with van der Waals surface area (Å²) in [5.41, 5.74) is 13.6. The number of aryl methyl sites for hydroxylation is 1. The third-order valence-corrected chi connectivity index (χ3v) is 8.10. The van der Waals surface area contributed by atoms with Crippen molar-refractivity contribution in [3.8, 4) is 0 Å². The van der Waals surface area contributed by atoms with Crippen molar-refractivity contribution < 1.29 is 4.79 Å². The third-order valence-electron chi connectivity index (χ3n) is 8.10. The van der Waals surface area contributed by atoms with Gasteiger partial charge in [-0.15, -0.1) is 0 Å². The number of carbonyl (C=O) groups excluding carboxylic acids is 1. The lowest BCUT2D eigenvalue weighted by Gasteiger charge is -2.25. The highest BCUT2D eigenvalue weighted by Crippen LogP contribution is 2.37. The Morgan fingerprint density at radius 1 is 1.08 bits per heavy atom. The van der Waals surface area contributed by atoms with Gasteiger partial charge in [0.15, 0.2) is 0 Å². The number of likely N-dealkylation sites (tertiary alicyclic amines) is 1. The van der Waals surface area contributed by atoms with Crippen LogP contribution in [-0.2, 0) is 17.9 Å². The van der Waals surface area contributed by atoms with Crippen molar-refractivity contribution in [3.63, 3.8) is 0 Å². The number of nitrogens with zero attached hydrogens (tertiary/aromatic N) is 4. The van der Waals surface area contributed by atoms with E-state index < -0.39 is 0 Å². The summed E-state index contributed by atoms with van der Waals surface area (Å²) in [6.45, 7) is 10.1. The molecule has 7 nitrogen and oxygen atoms in total. The van der Waals surface area contributed by atoms with Gasteiger partial charge in [-0.05, 0) is 73.7 Å². The lowest BCUT2D eigenvalue weighted by atomic mass is 9.82. The summed E-state index contributed by atoms with van der Waals surface area (Å²) in [5, 5.41) is 1.54. The van der Waals surface area contributed by atoms with E-state index in [1.807, 2.05) is 26.1 Å². The molecule has 3 aromatic rings. The van der Waals surface area contributed by atoms with Gasteiger partial charge in [0.05, 0.1) is 17.9 Å². The summed E-state index contributed by atoms with van der Waals surface area (Å²) >= 11 is 0. The quantitative estimate of drug-likeness (QED) is 0.215. The van der Waals surface area contributed by atoms with Gasteiger partial charge in [0.1, 0.15) is 11.6 Å². The van der Waals surface area contributed by atoms with Crippen molar-refractivity contribution in [2.45, 2.75) is 78.3 Å². The minimum Gasteiger partial charge on any atom is -0.397 e. The molecule has 38 heavy (non-hydrogen) atoms. The molecule has 0 spiro atoms. The number of anilines is 2. The van der Waals surface area contributed by atoms with Gasteiger partial charge < -0.3 is 15.3 Å². The summed E-state index contributed by atoms with van der Waals surface area (Å²) in [5.74, 6) is 7.27. The number of aromatic nitrogens is 2. The van der Waals surface area contributed by atoms with E-state index in [1.165, 1.54) is 41.8 Å². The highest BCUT2D eigenvalue weighted by molar-refractivity contribution is 5.80. The number of ketones is 1. The fourth-order valence-electron chi connectivity index (χ4n) is 5.59. The maximum absolute atomic E-state index is 12.7. The van der Waals surface area contributed by atoms with E-state index in [0.29, 0.717) is 18.5 Å². The van der Waals surface area contributed by atoms with Crippen LogP contribution in [0.5, 0.6) is 0 Å². The van der Waals surface area contributed by atoms with Crippen LogP contribution >= 0.6 is 0 Å². The van der Waals surface area contributed by atoms with Gasteiger partial charge in [-0.25, -0.2) is 10.8 Å². The van der Waals surface area contributed by atoms with Crippen molar-refractivity contribution in [1.29, 1.82) is 0 Å². The Morgan fingerprint density at radius 3 is 2.50 bits per heavy atom. The Morgan fingerprint density at radius 2 is 1.82 bits per heavy atom. The van der Waals surface area contributed by atoms with E-state index in [1.54, 1.807) is 7.05 Å². The SMILES string of the molecule is CCC(=O)CC(c1ccc(C)c(Cn2ccnc2CN2CCCCCC2)c1)c1ccc(N(C)N)c(N)c1C. The number of rotatable bonds is 10. The first-order valence-corrected chi connectivity index (χ1v) is 14.0. The van der Waals surface area contributed by atoms with Crippen LogP contribution in [0.1, 0.15) is 85.0 Å². The average molecular weight is 517 g/mol. The van der Waals surface area contributed by atoms with E-state index in [0.717, 1.165) is 54.4 Å². The molecule has 7 heteroatoms. The van der Waals surface area contributed by atoms with Gasteiger partial charge in [0.25, 0.3) is 0 Å². The molecule has 4 N–H and O–H groups in total. The summed E-state index contributed by atoms with van der Waals surface area (Å²) in [6, 6.07) is 10.7. The Balaban J connectivity index is 1.65. The van der Waals surface area contributed by atoms with Crippen molar-refractivity contribution >= 4 is 17.2 Å². The predicted molar refractivity (Wildman–Crippen MR) is 156 cm³/mol. The molecule has 1 atom stereocenters. The number of nitrogens with two attached hydrogens (primary N) is 2. The first-order valence-electron chi connectivity index (χ1n) is 14.0. The van der Waals surface area contributed by atoms with Gasteiger partial charge in [0, 0.05) is 44.7 Å². The van der Waals surface area contributed by atoms with Gasteiger partial charge in [-0.2, -0.15) is 0 Å². The molecule has 1 saturated heterocycles. The summed E-state index contributed by atoms with van der Waals surface area (Å²) in [4.78, 5) is 20.0. The minimum atomic E-state index is -0.0689. The topological polar surface area (TPSA) is 93.4 Å². The molecule has 1 aliphatic rings. The van der Waals surface area contributed by atoms with Crippen LogP contribution < -0.4 is 16.6 Å². The zero-order valence-electron chi connectivity index (χ0n) is 23.5. The molecule has 1 aromatic heterocycles. The maximum atomic E-state index is 12.7. The van der Waals surface area contributed by atoms with Crippen LogP contribution in [0.2, 0.25) is 0 Å². The molecule has 204 valence electrons. The van der Waals surface area contributed by atoms with Gasteiger partial charge >= 0.3 is 0 Å². The normalized spacial score (nSPS) is 15.3. The molecule has 2 aromatic carbocycles. The summed E-state index contributed by atoms with van der Waals surface area (Å²) in [6.07, 6.45) is 10.2. The molecule has 0 bridgehead atoms. The van der Waals surface area contributed by atoms with Crippen LogP contribution in [0.15, 0.2) is 42.7 Å². The molecule has 0 saturated carbocycles. The zero-order chi connectivity index (χ0) is 27.2. The van der Waals surface area contributed by atoms with Crippen LogP contribution in [0, 0.1) is 13.8 Å². The number of nitrogen functional groups attached to an aromatic ring is 1. The van der Waals surface area contributed by atoms with Crippen molar-refractivity contribution in [2.75, 3.05) is 30.9 Å². The van der Waals surface area contributed by atoms with E-state index in [-0.39, 0.29) is 11.7 Å². The Hall–Kier alpha value is -3.16. The monoisotopic (exact) mass is 516 g/mol. The number of hydrazine groups is 1. The van der Waals surface area contributed by atoms with Crippen molar-refractivity contribution in [2.24, 2.45) is 5.84 Å². The van der Waals surface area contributed by atoms with Gasteiger partial charge in [-0.1, -0.05) is 44.0 Å². The summed E-state index contributed by atoms with van der Waals surface area (Å²) < 4.78 is 2.28. The fourth-order valence-corrected chi connectivity index (χ4v) is 5.59. The van der Waals surface area contributed by atoms with E-state index in [4.69, 9.17) is 16.6 Å². The molecule has 0 radical (unpaired) electrons. The van der Waals surface area contributed by atoms with Crippen molar-refractivity contribution in [1.82, 2.24) is 14.5 Å². The maximum Gasteiger partial charge on any atom is 0.133 e. The molecule has 0 amide bonds. The molecule has 0 aliphatic carbocycles. The molecule has 1 aliphatic heterocycles. The first kappa shape index (κ1) is 27.9. The lowest BCUT2D eigenvalue weighted by molar-refractivity contribution is -0.118.